The summed E-state index contributed by atoms with van der Waals surface area (Å²) in [5.74, 6) is 0.456. The van der Waals surface area contributed by atoms with Crippen molar-refractivity contribution < 1.29 is 14.1 Å². The molecule has 3 rings (SSSR count). The van der Waals surface area contributed by atoms with Crippen LogP contribution >= 0.6 is 0 Å². The van der Waals surface area contributed by atoms with Crippen molar-refractivity contribution in [1.29, 1.82) is 0 Å². The molecule has 0 radical (unpaired) electrons. The van der Waals surface area contributed by atoms with Crippen molar-refractivity contribution in [1.82, 2.24) is 15.0 Å². The Morgan fingerprint density at radius 1 is 1.27 bits per heavy atom. The summed E-state index contributed by atoms with van der Waals surface area (Å²) < 4.78 is 4.89. The summed E-state index contributed by atoms with van der Waals surface area (Å²) in [6.07, 6.45) is 3.49. The zero-order chi connectivity index (χ0) is 15.5. The van der Waals surface area contributed by atoms with Crippen LogP contribution in [0.2, 0.25) is 0 Å². The van der Waals surface area contributed by atoms with Crippen molar-refractivity contribution >= 4 is 17.6 Å². The van der Waals surface area contributed by atoms with E-state index in [0.717, 1.165) is 25.9 Å². The largest absolute Gasteiger partial charge is 0.360 e. The van der Waals surface area contributed by atoms with E-state index >= 15 is 0 Å². The zero-order valence-electron chi connectivity index (χ0n) is 12.2. The molecule has 2 aromatic rings. The van der Waals surface area contributed by atoms with Crippen molar-refractivity contribution in [2.24, 2.45) is 0 Å². The van der Waals surface area contributed by atoms with Crippen molar-refractivity contribution in [2.75, 3.05) is 18.4 Å². The molecule has 1 aliphatic rings. The first-order valence-corrected chi connectivity index (χ1v) is 7.13. The number of hydrogen-bond donors (Lipinski definition) is 1. The minimum atomic E-state index is -0.355. The number of carbonyl (C=O) groups excluding carboxylic acids is 2. The van der Waals surface area contributed by atoms with E-state index in [1.807, 2.05) is 0 Å². The Kier molecular flexibility index (Phi) is 3.86. The fourth-order valence-electron chi connectivity index (χ4n) is 2.38. The predicted molar refractivity (Wildman–Crippen MR) is 78.6 cm³/mol. The molecular formula is C15H16N4O3. The summed E-state index contributed by atoms with van der Waals surface area (Å²) in [6, 6.07) is 4.68. The summed E-state index contributed by atoms with van der Waals surface area (Å²) in [5, 5.41) is 6.32. The van der Waals surface area contributed by atoms with E-state index in [2.05, 4.69) is 15.5 Å². The molecule has 0 unspecified atom stereocenters. The minimum absolute atomic E-state index is 0.135. The van der Waals surface area contributed by atoms with Crippen LogP contribution in [0.25, 0.3) is 0 Å². The molecule has 0 aliphatic carbocycles. The third kappa shape index (κ3) is 2.98. The van der Waals surface area contributed by atoms with Gasteiger partial charge in [-0.3, -0.25) is 14.6 Å². The number of rotatable bonds is 3. The van der Waals surface area contributed by atoms with Crippen LogP contribution in [-0.2, 0) is 0 Å². The van der Waals surface area contributed by atoms with Crippen LogP contribution in [0, 0.1) is 6.92 Å². The second kappa shape index (κ2) is 5.97. The number of nitrogens with one attached hydrogen (secondary N) is 1. The van der Waals surface area contributed by atoms with Crippen LogP contribution in [-0.4, -0.2) is 39.9 Å². The average molecular weight is 300 g/mol. The standard InChI is InChI=1S/C15H16N4O3/c1-10-8-13(18-22-10)17-14(20)11-4-5-16-12(9-11)15(21)19-6-2-3-7-19/h4-5,8-9H,2-3,6-7H2,1H3,(H,17,18,20). The van der Waals surface area contributed by atoms with E-state index in [1.165, 1.54) is 12.3 Å². The topological polar surface area (TPSA) is 88.3 Å². The third-order valence-electron chi connectivity index (χ3n) is 3.50. The lowest BCUT2D eigenvalue weighted by Crippen LogP contribution is -2.28. The highest BCUT2D eigenvalue weighted by molar-refractivity contribution is 6.05. The fraction of sp³-hybridized carbons (Fsp3) is 0.333. The summed E-state index contributed by atoms with van der Waals surface area (Å²) in [7, 11) is 0. The Morgan fingerprint density at radius 3 is 2.73 bits per heavy atom. The highest BCUT2D eigenvalue weighted by Crippen LogP contribution is 2.14. The second-order valence-electron chi connectivity index (χ2n) is 5.21. The molecule has 0 atom stereocenters. The maximum Gasteiger partial charge on any atom is 0.272 e. The van der Waals surface area contributed by atoms with Gasteiger partial charge < -0.3 is 14.7 Å². The lowest BCUT2D eigenvalue weighted by molar-refractivity contribution is 0.0787. The Hall–Kier alpha value is -2.70. The molecule has 2 amide bonds. The number of likely N-dealkylation sites (tertiary alicyclic amines) is 1. The number of nitrogens with zero attached hydrogens (tertiary/aromatic N) is 3. The van der Waals surface area contributed by atoms with Gasteiger partial charge in [-0.25, -0.2) is 0 Å². The zero-order valence-corrected chi connectivity index (χ0v) is 12.2. The van der Waals surface area contributed by atoms with Crippen LogP contribution in [0.1, 0.15) is 39.4 Å². The molecule has 0 saturated carbocycles. The smallest absolute Gasteiger partial charge is 0.272 e. The van der Waals surface area contributed by atoms with Crippen LogP contribution < -0.4 is 5.32 Å². The number of pyridine rings is 1. The SMILES string of the molecule is Cc1cc(NC(=O)c2ccnc(C(=O)N3CCCC3)c2)no1. The molecule has 1 saturated heterocycles. The Bertz CT molecular complexity index is 704. The molecule has 3 heterocycles. The second-order valence-corrected chi connectivity index (χ2v) is 5.21. The number of carbonyl (C=O) groups is 2. The maximum atomic E-state index is 12.3. The van der Waals surface area contributed by atoms with Gasteiger partial charge in [0.25, 0.3) is 11.8 Å². The Morgan fingerprint density at radius 2 is 2.05 bits per heavy atom. The molecule has 22 heavy (non-hydrogen) atoms. The van der Waals surface area contributed by atoms with Gasteiger partial charge in [0.2, 0.25) is 0 Å². The van der Waals surface area contributed by atoms with Gasteiger partial charge in [0.05, 0.1) is 0 Å². The van der Waals surface area contributed by atoms with E-state index in [0.29, 0.717) is 17.1 Å². The van der Waals surface area contributed by atoms with Gasteiger partial charge in [-0.2, -0.15) is 0 Å². The minimum Gasteiger partial charge on any atom is -0.360 e. The van der Waals surface area contributed by atoms with E-state index < -0.39 is 0 Å². The van der Waals surface area contributed by atoms with Gasteiger partial charge in [0.15, 0.2) is 5.82 Å². The molecule has 0 bridgehead atoms. The van der Waals surface area contributed by atoms with Gasteiger partial charge in [-0.15, -0.1) is 0 Å². The predicted octanol–water partition coefficient (Wildman–Crippen LogP) is 1.87. The van der Waals surface area contributed by atoms with Crippen molar-refractivity contribution in [3.05, 3.63) is 41.4 Å². The summed E-state index contributed by atoms with van der Waals surface area (Å²) in [5.41, 5.74) is 0.643. The maximum absolute atomic E-state index is 12.3. The van der Waals surface area contributed by atoms with Gasteiger partial charge in [0, 0.05) is 30.9 Å². The van der Waals surface area contributed by atoms with Crippen molar-refractivity contribution in [3.63, 3.8) is 0 Å². The van der Waals surface area contributed by atoms with E-state index in [4.69, 9.17) is 4.52 Å². The van der Waals surface area contributed by atoms with E-state index in [1.54, 1.807) is 24.0 Å². The van der Waals surface area contributed by atoms with Gasteiger partial charge in [-0.1, -0.05) is 5.16 Å². The van der Waals surface area contributed by atoms with E-state index in [9.17, 15) is 9.59 Å². The number of aromatic nitrogens is 2. The first-order valence-electron chi connectivity index (χ1n) is 7.13. The fourth-order valence-corrected chi connectivity index (χ4v) is 2.38. The summed E-state index contributed by atoms with van der Waals surface area (Å²) >= 11 is 0. The average Bonchev–Trinajstić information content (AvgIpc) is 3.18. The number of anilines is 1. The molecule has 1 fully saturated rings. The molecule has 0 spiro atoms. The van der Waals surface area contributed by atoms with E-state index in [-0.39, 0.29) is 17.5 Å². The van der Waals surface area contributed by atoms with Crippen molar-refractivity contribution in [3.8, 4) is 0 Å². The first-order chi connectivity index (χ1) is 10.6. The normalized spacial score (nSPS) is 14.1. The molecule has 1 N–H and O–H groups in total. The lowest BCUT2D eigenvalue weighted by Gasteiger charge is -2.14. The first kappa shape index (κ1) is 14.2. The molecule has 7 nitrogen and oxygen atoms in total. The summed E-state index contributed by atoms with van der Waals surface area (Å²) in [4.78, 5) is 30.3. The highest BCUT2D eigenvalue weighted by atomic mass is 16.5. The molecule has 7 heteroatoms. The highest BCUT2D eigenvalue weighted by Gasteiger charge is 2.21. The number of amides is 2. The van der Waals surface area contributed by atoms with Crippen LogP contribution in [0.15, 0.2) is 28.9 Å². The number of aryl methyl sites for hydroxylation is 1. The van der Waals surface area contributed by atoms with Crippen LogP contribution in [0.4, 0.5) is 5.82 Å². The quantitative estimate of drug-likeness (QED) is 0.934. The Labute approximate surface area is 127 Å². The number of hydrogen-bond acceptors (Lipinski definition) is 5. The molecule has 2 aromatic heterocycles. The third-order valence-corrected chi connectivity index (χ3v) is 3.50. The molecule has 1 aliphatic heterocycles. The molecular weight excluding hydrogens is 284 g/mol. The monoisotopic (exact) mass is 300 g/mol. The van der Waals surface area contributed by atoms with Crippen LogP contribution in [0.3, 0.4) is 0 Å². The lowest BCUT2D eigenvalue weighted by atomic mass is 10.2. The van der Waals surface area contributed by atoms with Gasteiger partial charge >= 0.3 is 0 Å². The van der Waals surface area contributed by atoms with Gasteiger partial charge in [-0.05, 0) is 31.9 Å². The van der Waals surface area contributed by atoms with Crippen LogP contribution in [0.5, 0.6) is 0 Å². The Balaban J connectivity index is 1.75. The molecule has 114 valence electrons. The van der Waals surface area contributed by atoms with Crippen molar-refractivity contribution in [2.45, 2.75) is 19.8 Å². The molecule has 0 aromatic carbocycles. The summed E-state index contributed by atoms with van der Waals surface area (Å²) in [6.45, 7) is 3.23. The van der Waals surface area contributed by atoms with Gasteiger partial charge in [0.1, 0.15) is 11.5 Å².